The van der Waals surface area contributed by atoms with E-state index in [9.17, 15) is 20.0 Å². The molecule has 0 aliphatic carbocycles. The number of aliphatic imine (C=N–C) groups is 1. The van der Waals surface area contributed by atoms with Crippen molar-refractivity contribution in [1.82, 2.24) is 5.32 Å². The van der Waals surface area contributed by atoms with Crippen LogP contribution in [0.1, 0.15) is 12.8 Å². The van der Waals surface area contributed by atoms with E-state index in [1.165, 1.54) is 0 Å². The molecule has 1 aromatic rings. The van der Waals surface area contributed by atoms with Crippen molar-refractivity contribution in [3.8, 4) is 5.75 Å². The average Bonchev–Trinajstić information content (AvgIpc) is 2.70. The predicted molar refractivity (Wildman–Crippen MR) is 72.9 cm³/mol. The van der Waals surface area contributed by atoms with Crippen molar-refractivity contribution >= 4 is 23.1 Å². The highest BCUT2D eigenvalue weighted by atomic mass is 16.6. The number of non-ortho nitro benzene ring substituents is 1. The quantitative estimate of drug-likeness (QED) is 0.433. The van der Waals surface area contributed by atoms with Crippen LogP contribution in [0.2, 0.25) is 0 Å². The van der Waals surface area contributed by atoms with E-state index >= 15 is 0 Å². The Bertz CT molecular complexity index is 571. The minimum Gasteiger partial charge on any atom is -0.506 e. The van der Waals surface area contributed by atoms with Crippen LogP contribution < -0.4 is 10.6 Å². The highest BCUT2D eigenvalue weighted by Gasteiger charge is 2.17. The Labute approximate surface area is 114 Å². The molecule has 0 saturated heterocycles. The molecule has 1 heterocycles. The third-order valence-corrected chi connectivity index (χ3v) is 2.80. The van der Waals surface area contributed by atoms with E-state index in [-0.39, 0.29) is 23.0 Å². The standard InChI is InChI=1S/C12H14N4O4/c17-10-4-3-8(16(19)20)7-9(10)15-12(18)11-13-5-1-2-6-14-11/h3-4,7,17H,1-2,5-6H2,(H,13,14)(H,15,18). The largest absolute Gasteiger partial charge is 0.506 e. The zero-order valence-corrected chi connectivity index (χ0v) is 10.6. The second kappa shape index (κ2) is 6.00. The number of carbonyl (C=O) groups excluding carboxylic acids is 1. The van der Waals surface area contributed by atoms with E-state index in [0.29, 0.717) is 13.1 Å². The molecule has 2 rings (SSSR count). The molecule has 8 nitrogen and oxygen atoms in total. The van der Waals surface area contributed by atoms with Gasteiger partial charge in [-0.25, -0.2) is 0 Å². The maximum absolute atomic E-state index is 12.0. The van der Waals surface area contributed by atoms with Crippen LogP contribution in [0.25, 0.3) is 0 Å². The minimum absolute atomic E-state index is 0.0158. The number of nitrogens with zero attached hydrogens (tertiary/aromatic N) is 2. The number of hydrogen-bond acceptors (Lipinski definition) is 6. The summed E-state index contributed by atoms with van der Waals surface area (Å²) >= 11 is 0. The molecule has 0 radical (unpaired) electrons. The maximum atomic E-state index is 12.0. The lowest BCUT2D eigenvalue weighted by Crippen LogP contribution is -2.35. The molecule has 0 fully saturated rings. The number of rotatable bonds is 3. The molecule has 8 heteroatoms. The maximum Gasteiger partial charge on any atom is 0.290 e. The van der Waals surface area contributed by atoms with Gasteiger partial charge in [0.25, 0.3) is 11.6 Å². The molecular formula is C12H14N4O4. The third-order valence-electron chi connectivity index (χ3n) is 2.80. The van der Waals surface area contributed by atoms with Crippen molar-refractivity contribution in [3.05, 3.63) is 28.3 Å². The lowest BCUT2D eigenvalue weighted by Gasteiger charge is -2.09. The van der Waals surface area contributed by atoms with Crippen LogP contribution in [-0.4, -0.2) is 34.9 Å². The van der Waals surface area contributed by atoms with Crippen LogP contribution in [0.3, 0.4) is 0 Å². The fourth-order valence-electron chi connectivity index (χ4n) is 1.76. The first-order valence-corrected chi connectivity index (χ1v) is 6.15. The Morgan fingerprint density at radius 2 is 2.25 bits per heavy atom. The highest BCUT2D eigenvalue weighted by molar-refractivity contribution is 6.42. The molecule has 0 atom stereocenters. The number of anilines is 1. The fraction of sp³-hybridized carbons (Fsp3) is 0.333. The van der Waals surface area contributed by atoms with Gasteiger partial charge in [-0.3, -0.25) is 19.9 Å². The number of benzene rings is 1. The van der Waals surface area contributed by atoms with E-state index in [1.54, 1.807) is 0 Å². The molecule has 0 bridgehead atoms. The van der Waals surface area contributed by atoms with Crippen LogP contribution >= 0.6 is 0 Å². The van der Waals surface area contributed by atoms with E-state index in [4.69, 9.17) is 0 Å². The Morgan fingerprint density at radius 1 is 1.45 bits per heavy atom. The lowest BCUT2D eigenvalue weighted by molar-refractivity contribution is -0.384. The summed E-state index contributed by atoms with van der Waals surface area (Å²) in [4.78, 5) is 26.1. The fourth-order valence-corrected chi connectivity index (χ4v) is 1.76. The first kappa shape index (κ1) is 13.8. The molecule has 1 aliphatic heterocycles. The Morgan fingerprint density at radius 3 is 3.00 bits per heavy atom. The van der Waals surface area contributed by atoms with E-state index in [2.05, 4.69) is 15.6 Å². The molecule has 0 spiro atoms. The monoisotopic (exact) mass is 278 g/mol. The highest BCUT2D eigenvalue weighted by Crippen LogP contribution is 2.27. The topological polar surface area (TPSA) is 117 Å². The molecule has 1 aromatic carbocycles. The van der Waals surface area contributed by atoms with E-state index < -0.39 is 10.8 Å². The van der Waals surface area contributed by atoms with Crippen molar-refractivity contribution in [1.29, 1.82) is 0 Å². The number of phenols is 1. The number of hydrogen-bond donors (Lipinski definition) is 3. The van der Waals surface area contributed by atoms with Crippen molar-refractivity contribution in [2.24, 2.45) is 4.99 Å². The molecule has 1 amide bonds. The van der Waals surface area contributed by atoms with Gasteiger partial charge < -0.3 is 15.7 Å². The molecule has 1 aliphatic rings. The van der Waals surface area contributed by atoms with Gasteiger partial charge in [0.05, 0.1) is 10.6 Å². The van der Waals surface area contributed by atoms with Crippen LogP contribution in [-0.2, 0) is 4.79 Å². The Hall–Kier alpha value is -2.64. The number of nitrogens with one attached hydrogen (secondary N) is 2. The van der Waals surface area contributed by atoms with Crippen LogP contribution in [0.15, 0.2) is 23.2 Å². The van der Waals surface area contributed by atoms with Crippen LogP contribution in [0.4, 0.5) is 11.4 Å². The number of carbonyl (C=O) groups is 1. The number of amides is 1. The molecule has 0 unspecified atom stereocenters. The lowest BCUT2D eigenvalue weighted by atomic mass is 10.2. The summed E-state index contributed by atoms with van der Waals surface area (Å²) in [5, 5.41) is 25.6. The summed E-state index contributed by atoms with van der Waals surface area (Å²) in [6.45, 7) is 1.20. The molecule has 20 heavy (non-hydrogen) atoms. The summed E-state index contributed by atoms with van der Waals surface area (Å²) in [5.74, 6) is -0.589. The summed E-state index contributed by atoms with van der Waals surface area (Å²) in [6.07, 6.45) is 1.81. The molecule has 106 valence electrons. The summed E-state index contributed by atoms with van der Waals surface area (Å²) in [7, 11) is 0. The summed E-state index contributed by atoms with van der Waals surface area (Å²) < 4.78 is 0. The van der Waals surface area contributed by atoms with Gasteiger partial charge in [-0.2, -0.15) is 0 Å². The van der Waals surface area contributed by atoms with Crippen molar-refractivity contribution in [2.75, 3.05) is 18.4 Å². The predicted octanol–water partition coefficient (Wildman–Crippen LogP) is 1.02. The first-order valence-electron chi connectivity index (χ1n) is 6.15. The van der Waals surface area contributed by atoms with Gasteiger partial charge in [0.1, 0.15) is 5.75 Å². The van der Waals surface area contributed by atoms with Crippen LogP contribution in [0, 0.1) is 10.1 Å². The number of nitro benzene ring substituents is 1. The van der Waals surface area contributed by atoms with Gasteiger partial charge in [0.2, 0.25) is 0 Å². The SMILES string of the molecule is O=C(Nc1cc([N+](=O)[O-])ccc1O)C1=NCCCCN1. The average molecular weight is 278 g/mol. The van der Waals surface area contributed by atoms with E-state index in [0.717, 1.165) is 31.0 Å². The van der Waals surface area contributed by atoms with Crippen molar-refractivity contribution < 1.29 is 14.8 Å². The normalized spacial score (nSPS) is 14.7. The zero-order chi connectivity index (χ0) is 14.5. The van der Waals surface area contributed by atoms with Gasteiger partial charge in [-0.05, 0) is 18.9 Å². The number of amidine groups is 1. The van der Waals surface area contributed by atoms with Gasteiger partial charge in [-0.15, -0.1) is 0 Å². The molecule has 3 N–H and O–H groups in total. The third kappa shape index (κ3) is 3.22. The van der Waals surface area contributed by atoms with Crippen molar-refractivity contribution in [2.45, 2.75) is 12.8 Å². The minimum atomic E-state index is -0.601. The van der Waals surface area contributed by atoms with E-state index in [1.807, 2.05) is 0 Å². The Balaban J connectivity index is 2.16. The Kier molecular flexibility index (Phi) is 4.14. The summed E-state index contributed by atoms with van der Waals surface area (Å²) in [5.41, 5.74) is -0.230. The number of phenolic OH excluding ortho intramolecular Hbond substituents is 1. The number of aromatic hydroxyl groups is 1. The van der Waals surface area contributed by atoms with Gasteiger partial charge in [0, 0.05) is 25.2 Å². The second-order valence-corrected chi connectivity index (χ2v) is 4.28. The summed E-state index contributed by atoms with van der Waals surface area (Å²) in [6, 6.07) is 3.42. The van der Waals surface area contributed by atoms with Gasteiger partial charge >= 0.3 is 0 Å². The van der Waals surface area contributed by atoms with Crippen molar-refractivity contribution in [3.63, 3.8) is 0 Å². The van der Waals surface area contributed by atoms with Gasteiger partial charge in [0.15, 0.2) is 5.84 Å². The smallest absolute Gasteiger partial charge is 0.290 e. The number of nitro groups is 1. The second-order valence-electron chi connectivity index (χ2n) is 4.28. The first-order chi connectivity index (χ1) is 9.58. The zero-order valence-electron chi connectivity index (χ0n) is 10.6. The van der Waals surface area contributed by atoms with Gasteiger partial charge in [-0.1, -0.05) is 0 Å². The molecular weight excluding hydrogens is 264 g/mol. The molecule has 0 saturated carbocycles. The van der Waals surface area contributed by atoms with Crippen LogP contribution in [0.5, 0.6) is 5.75 Å². The molecule has 0 aromatic heterocycles.